The third-order valence-electron chi connectivity index (χ3n) is 7.57. The van der Waals surface area contributed by atoms with Crippen molar-refractivity contribution in [2.45, 2.75) is 58.2 Å². The van der Waals surface area contributed by atoms with E-state index in [2.05, 4.69) is 17.0 Å². The van der Waals surface area contributed by atoms with Gasteiger partial charge in [-0.05, 0) is 47.2 Å². The molecule has 0 aliphatic carbocycles. The molecule has 2 N–H and O–H groups in total. The quantitative estimate of drug-likeness (QED) is 0.246. The summed E-state index contributed by atoms with van der Waals surface area (Å²) in [4.78, 5) is 26.0. The summed E-state index contributed by atoms with van der Waals surface area (Å²) in [6.07, 6.45) is -2.96. The van der Waals surface area contributed by atoms with Crippen LogP contribution in [0, 0.1) is 12.8 Å². The molecule has 0 saturated heterocycles. The summed E-state index contributed by atoms with van der Waals surface area (Å²) in [5.41, 5.74) is 4.58. The first kappa shape index (κ1) is 30.6. The van der Waals surface area contributed by atoms with E-state index in [1.165, 1.54) is 17.1 Å². The molecule has 1 heterocycles. The van der Waals surface area contributed by atoms with Crippen LogP contribution in [0.15, 0.2) is 90.2 Å². The number of alkyl halides is 3. The number of allylic oxidation sites excluding steroid dienone is 1. The topological polar surface area (TPSA) is 82.0 Å². The molecule has 3 aromatic rings. The van der Waals surface area contributed by atoms with Crippen molar-refractivity contribution in [3.63, 3.8) is 0 Å². The number of benzene rings is 3. The van der Waals surface area contributed by atoms with Crippen molar-refractivity contribution in [3.05, 3.63) is 113 Å². The van der Waals surface area contributed by atoms with E-state index in [0.29, 0.717) is 42.5 Å². The zero-order valence-electron chi connectivity index (χ0n) is 23.6. The number of aliphatic hydroxyl groups excluding tert-OH is 1. The van der Waals surface area contributed by atoms with E-state index < -0.39 is 23.9 Å². The normalized spacial score (nSPS) is 15.1. The van der Waals surface area contributed by atoms with Gasteiger partial charge < -0.3 is 10.4 Å². The average molecular weight is 578 g/mol. The lowest BCUT2D eigenvalue weighted by molar-refractivity contribution is -0.178. The molecule has 220 valence electrons. The first-order chi connectivity index (χ1) is 19.9. The molecule has 0 aromatic heterocycles. The smallest absolute Gasteiger partial charge is 0.392 e. The summed E-state index contributed by atoms with van der Waals surface area (Å²) >= 11 is 0. The SMILES string of the molecule is C=C(O)CCc1cccc(NC(=O)C(c2ccc(CN3N=C(c4ccccc4)CCC3=O)cc2)C(C)C(F)(F)F)c1C. The van der Waals surface area contributed by atoms with Crippen molar-refractivity contribution >= 4 is 23.2 Å². The third-order valence-corrected chi connectivity index (χ3v) is 7.57. The number of amides is 2. The highest BCUT2D eigenvalue weighted by atomic mass is 19.4. The predicted octanol–water partition coefficient (Wildman–Crippen LogP) is 7.45. The largest absolute Gasteiger partial charge is 0.513 e. The minimum atomic E-state index is -4.61. The van der Waals surface area contributed by atoms with Crippen LogP contribution in [-0.4, -0.2) is 33.8 Å². The number of halogens is 3. The van der Waals surface area contributed by atoms with E-state index in [9.17, 15) is 27.9 Å². The van der Waals surface area contributed by atoms with Crippen LogP contribution in [0.4, 0.5) is 18.9 Å². The molecule has 1 aliphatic rings. The fourth-order valence-electron chi connectivity index (χ4n) is 5.00. The van der Waals surface area contributed by atoms with E-state index in [4.69, 9.17) is 0 Å². The van der Waals surface area contributed by atoms with Gasteiger partial charge in [-0.25, -0.2) is 5.01 Å². The number of hydrogen-bond donors (Lipinski definition) is 2. The summed E-state index contributed by atoms with van der Waals surface area (Å²) in [6, 6.07) is 21.0. The summed E-state index contributed by atoms with van der Waals surface area (Å²) in [5.74, 6) is -4.34. The fraction of sp³-hybridized carbons (Fsp3) is 0.303. The van der Waals surface area contributed by atoms with Gasteiger partial charge in [-0.3, -0.25) is 9.59 Å². The summed E-state index contributed by atoms with van der Waals surface area (Å²) in [6.45, 7) is 6.42. The molecule has 0 saturated carbocycles. The Bertz CT molecular complexity index is 1470. The van der Waals surface area contributed by atoms with E-state index >= 15 is 0 Å². The molecule has 3 aromatic carbocycles. The van der Waals surface area contributed by atoms with Crippen LogP contribution in [0.3, 0.4) is 0 Å². The molecule has 9 heteroatoms. The van der Waals surface area contributed by atoms with Crippen molar-refractivity contribution in [1.29, 1.82) is 0 Å². The molecule has 6 nitrogen and oxygen atoms in total. The standard InChI is InChI=1S/C33H34F3N3O3/c1-21(40)12-15-25-10-7-11-28(22(25)2)37-32(42)31(23(3)33(34,35)36)27-16-13-24(14-17-27)20-39-30(41)19-18-29(38-39)26-8-5-4-6-9-26/h4-11,13-14,16-17,23,31,40H,1,12,15,18-20H2,2-3H3,(H,37,42). The Balaban J connectivity index is 1.55. The van der Waals surface area contributed by atoms with Crippen LogP contribution in [0.2, 0.25) is 0 Å². The number of carbonyl (C=O) groups excluding carboxylic acids is 2. The molecule has 0 fully saturated rings. The number of carbonyl (C=O) groups is 2. The first-order valence-electron chi connectivity index (χ1n) is 13.8. The van der Waals surface area contributed by atoms with Crippen molar-refractivity contribution in [1.82, 2.24) is 5.01 Å². The van der Waals surface area contributed by atoms with Crippen LogP contribution >= 0.6 is 0 Å². The zero-order chi connectivity index (χ0) is 30.4. The van der Waals surface area contributed by atoms with Gasteiger partial charge in [0.1, 0.15) is 0 Å². The van der Waals surface area contributed by atoms with Gasteiger partial charge >= 0.3 is 6.18 Å². The van der Waals surface area contributed by atoms with E-state index in [-0.39, 0.29) is 23.8 Å². The summed E-state index contributed by atoms with van der Waals surface area (Å²) in [7, 11) is 0. The van der Waals surface area contributed by atoms with Gasteiger partial charge in [-0.1, -0.05) is 80.2 Å². The Morgan fingerprint density at radius 2 is 1.74 bits per heavy atom. The number of rotatable bonds is 10. The lowest BCUT2D eigenvalue weighted by atomic mass is 9.85. The van der Waals surface area contributed by atoms with Crippen LogP contribution < -0.4 is 5.32 Å². The second-order valence-electron chi connectivity index (χ2n) is 10.6. The third kappa shape index (κ3) is 7.46. The number of anilines is 1. The van der Waals surface area contributed by atoms with Gasteiger partial charge in [0.2, 0.25) is 11.8 Å². The molecule has 0 bridgehead atoms. The van der Waals surface area contributed by atoms with Gasteiger partial charge in [-0.15, -0.1) is 0 Å². The molecule has 0 radical (unpaired) electrons. The fourth-order valence-corrected chi connectivity index (χ4v) is 5.00. The molecular weight excluding hydrogens is 543 g/mol. The average Bonchev–Trinajstić information content (AvgIpc) is 2.95. The highest BCUT2D eigenvalue weighted by molar-refractivity contribution is 6.04. The second-order valence-corrected chi connectivity index (χ2v) is 10.6. The van der Waals surface area contributed by atoms with Crippen molar-refractivity contribution in [2.24, 2.45) is 11.0 Å². The van der Waals surface area contributed by atoms with E-state index in [1.54, 1.807) is 31.2 Å². The summed E-state index contributed by atoms with van der Waals surface area (Å²) in [5, 5.41) is 18.1. The minimum Gasteiger partial charge on any atom is -0.513 e. The van der Waals surface area contributed by atoms with Crippen molar-refractivity contribution in [2.75, 3.05) is 5.32 Å². The maximum absolute atomic E-state index is 13.9. The number of hydrogen-bond acceptors (Lipinski definition) is 4. The van der Waals surface area contributed by atoms with Gasteiger partial charge in [0.05, 0.1) is 29.9 Å². The van der Waals surface area contributed by atoms with E-state index in [1.807, 2.05) is 36.4 Å². The van der Waals surface area contributed by atoms with Crippen LogP contribution in [0.1, 0.15) is 59.9 Å². The van der Waals surface area contributed by atoms with Crippen LogP contribution in [0.5, 0.6) is 0 Å². The van der Waals surface area contributed by atoms with Gasteiger partial charge in [0.25, 0.3) is 0 Å². The van der Waals surface area contributed by atoms with Crippen LogP contribution in [0.25, 0.3) is 0 Å². The highest BCUT2D eigenvalue weighted by Crippen LogP contribution is 2.38. The summed E-state index contributed by atoms with van der Waals surface area (Å²) < 4.78 is 41.8. The molecule has 0 spiro atoms. The minimum absolute atomic E-state index is 0.0273. The monoisotopic (exact) mass is 577 g/mol. The molecule has 2 unspecified atom stereocenters. The number of nitrogens with one attached hydrogen (secondary N) is 1. The van der Waals surface area contributed by atoms with E-state index in [0.717, 1.165) is 23.8 Å². The second kappa shape index (κ2) is 13.1. The first-order valence-corrected chi connectivity index (χ1v) is 13.8. The lowest BCUT2D eigenvalue weighted by Gasteiger charge is -2.27. The number of hydrazone groups is 1. The van der Waals surface area contributed by atoms with Gasteiger partial charge in [0.15, 0.2) is 0 Å². The maximum Gasteiger partial charge on any atom is 0.392 e. The van der Waals surface area contributed by atoms with Gasteiger partial charge in [0, 0.05) is 24.9 Å². The molecular formula is C33H34F3N3O3. The lowest BCUT2D eigenvalue weighted by Crippen LogP contribution is -2.34. The molecule has 2 amide bonds. The van der Waals surface area contributed by atoms with Crippen molar-refractivity contribution < 1.29 is 27.9 Å². The molecule has 4 rings (SSSR count). The number of nitrogens with zero attached hydrogens (tertiary/aromatic N) is 2. The Morgan fingerprint density at radius 3 is 2.38 bits per heavy atom. The Hall–Kier alpha value is -4.40. The molecule has 1 aliphatic heterocycles. The zero-order valence-corrected chi connectivity index (χ0v) is 23.6. The highest BCUT2D eigenvalue weighted by Gasteiger charge is 2.45. The number of aliphatic hydroxyl groups is 1. The molecule has 2 atom stereocenters. The Kier molecular flexibility index (Phi) is 9.50. The van der Waals surface area contributed by atoms with Crippen molar-refractivity contribution in [3.8, 4) is 0 Å². The molecule has 42 heavy (non-hydrogen) atoms. The van der Waals surface area contributed by atoms with Gasteiger partial charge in [-0.2, -0.15) is 18.3 Å². The van der Waals surface area contributed by atoms with Crippen LogP contribution in [-0.2, 0) is 22.6 Å². The Labute approximate surface area is 243 Å². The Morgan fingerprint density at radius 1 is 1.05 bits per heavy atom. The predicted molar refractivity (Wildman–Crippen MR) is 157 cm³/mol. The maximum atomic E-state index is 13.9. The number of aryl methyl sites for hydroxylation is 1.